The van der Waals surface area contributed by atoms with Gasteiger partial charge in [-0.2, -0.15) is 0 Å². The molecule has 0 saturated heterocycles. The quantitative estimate of drug-likeness (QED) is 0.894. The summed E-state index contributed by atoms with van der Waals surface area (Å²) in [5.74, 6) is 1.59. The number of hydrogen-bond donors (Lipinski definition) is 1. The first-order chi connectivity index (χ1) is 9.26. The molecular formula is C15H19N3O. The summed E-state index contributed by atoms with van der Waals surface area (Å²) in [6.07, 6.45) is 1.77. The van der Waals surface area contributed by atoms with Gasteiger partial charge in [-0.05, 0) is 36.8 Å². The highest BCUT2D eigenvalue weighted by atomic mass is 16.5. The standard InChI is InChI=1S/C15H19N3O/c1-3-19-14-8-5-9-17-15(14)18(2)13-7-4-6-12(10-13)11-16/h4-10H,3,11,16H2,1-2H3. The van der Waals surface area contributed by atoms with E-state index in [0.717, 1.165) is 22.8 Å². The maximum Gasteiger partial charge on any atom is 0.175 e. The van der Waals surface area contributed by atoms with E-state index in [9.17, 15) is 0 Å². The minimum atomic E-state index is 0.530. The van der Waals surface area contributed by atoms with E-state index >= 15 is 0 Å². The van der Waals surface area contributed by atoms with Gasteiger partial charge in [0.1, 0.15) is 0 Å². The molecule has 0 atom stereocenters. The first-order valence-corrected chi connectivity index (χ1v) is 6.36. The van der Waals surface area contributed by atoms with Crippen molar-refractivity contribution < 1.29 is 4.74 Å². The van der Waals surface area contributed by atoms with Crippen LogP contribution < -0.4 is 15.4 Å². The number of pyridine rings is 1. The Bertz CT molecular complexity index is 542. The van der Waals surface area contributed by atoms with Crippen molar-refractivity contribution in [3.05, 3.63) is 48.2 Å². The molecule has 0 bridgehead atoms. The zero-order chi connectivity index (χ0) is 13.7. The summed E-state index contributed by atoms with van der Waals surface area (Å²) in [7, 11) is 1.97. The van der Waals surface area contributed by atoms with Crippen LogP contribution in [0.25, 0.3) is 0 Å². The second-order valence-corrected chi connectivity index (χ2v) is 4.19. The molecule has 0 fully saturated rings. The van der Waals surface area contributed by atoms with Crippen LogP contribution in [0.2, 0.25) is 0 Å². The average Bonchev–Trinajstić information content (AvgIpc) is 2.47. The molecular weight excluding hydrogens is 238 g/mol. The topological polar surface area (TPSA) is 51.4 Å². The molecule has 4 nitrogen and oxygen atoms in total. The van der Waals surface area contributed by atoms with Gasteiger partial charge in [-0.25, -0.2) is 4.98 Å². The third-order valence-corrected chi connectivity index (χ3v) is 2.90. The second kappa shape index (κ2) is 6.20. The van der Waals surface area contributed by atoms with Gasteiger partial charge in [0.25, 0.3) is 0 Å². The molecule has 4 heteroatoms. The summed E-state index contributed by atoms with van der Waals surface area (Å²) in [5.41, 5.74) is 7.82. The van der Waals surface area contributed by atoms with E-state index < -0.39 is 0 Å². The largest absolute Gasteiger partial charge is 0.490 e. The van der Waals surface area contributed by atoms with Gasteiger partial charge in [0.05, 0.1) is 6.61 Å². The highest BCUT2D eigenvalue weighted by Gasteiger charge is 2.11. The van der Waals surface area contributed by atoms with Gasteiger partial charge >= 0.3 is 0 Å². The van der Waals surface area contributed by atoms with Crippen molar-refractivity contribution in [3.8, 4) is 5.75 Å². The molecule has 0 aliphatic carbocycles. The number of benzene rings is 1. The Kier molecular flexibility index (Phi) is 4.36. The highest BCUT2D eigenvalue weighted by Crippen LogP contribution is 2.30. The van der Waals surface area contributed by atoms with Crippen LogP contribution in [-0.2, 0) is 6.54 Å². The van der Waals surface area contributed by atoms with Crippen molar-refractivity contribution >= 4 is 11.5 Å². The van der Waals surface area contributed by atoms with Crippen LogP contribution in [0, 0.1) is 0 Å². The maximum atomic E-state index is 5.68. The molecule has 1 heterocycles. The first-order valence-electron chi connectivity index (χ1n) is 6.36. The Balaban J connectivity index is 2.35. The van der Waals surface area contributed by atoms with Gasteiger partial charge in [0.15, 0.2) is 11.6 Å². The van der Waals surface area contributed by atoms with E-state index in [2.05, 4.69) is 11.1 Å². The maximum absolute atomic E-state index is 5.68. The van der Waals surface area contributed by atoms with Crippen LogP contribution in [0.4, 0.5) is 11.5 Å². The van der Waals surface area contributed by atoms with Gasteiger partial charge in [0, 0.05) is 25.5 Å². The molecule has 2 rings (SSSR count). The monoisotopic (exact) mass is 257 g/mol. The van der Waals surface area contributed by atoms with Crippen LogP contribution in [0.5, 0.6) is 5.75 Å². The smallest absolute Gasteiger partial charge is 0.175 e. The summed E-state index contributed by atoms with van der Waals surface area (Å²) in [6, 6.07) is 11.9. The molecule has 1 aromatic heterocycles. The lowest BCUT2D eigenvalue weighted by Gasteiger charge is -2.21. The molecule has 0 amide bonds. The van der Waals surface area contributed by atoms with Crippen molar-refractivity contribution in [1.29, 1.82) is 0 Å². The zero-order valence-corrected chi connectivity index (χ0v) is 11.3. The third-order valence-electron chi connectivity index (χ3n) is 2.90. The van der Waals surface area contributed by atoms with Crippen molar-refractivity contribution in [2.24, 2.45) is 5.73 Å². The molecule has 0 saturated carbocycles. The van der Waals surface area contributed by atoms with Crippen molar-refractivity contribution in [2.45, 2.75) is 13.5 Å². The lowest BCUT2D eigenvalue weighted by Crippen LogP contribution is -2.13. The second-order valence-electron chi connectivity index (χ2n) is 4.19. The fraction of sp³-hybridized carbons (Fsp3) is 0.267. The number of ether oxygens (including phenoxy) is 1. The lowest BCUT2D eigenvalue weighted by molar-refractivity contribution is 0.340. The Hall–Kier alpha value is -2.07. The number of aromatic nitrogens is 1. The summed E-state index contributed by atoms with van der Waals surface area (Å²) < 4.78 is 5.61. The molecule has 0 unspecified atom stereocenters. The Labute approximate surface area is 113 Å². The average molecular weight is 257 g/mol. The lowest BCUT2D eigenvalue weighted by atomic mass is 10.2. The molecule has 0 radical (unpaired) electrons. The molecule has 0 aliphatic rings. The van der Waals surface area contributed by atoms with Crippen LogP contribution in [0.15, 0.2) is 42.6 Å². The molecule has 2 N–H and O–H groups in total. The van der Waals surface area contributed by atoms with Crippen molar-refractivity contribution in [2.75, 3.05) is 18.6 Å². The molecule has 0 aliphatic heterocycles. The number of anilines is 2. The minimum Gasteiger partial charge on any atom is -0.490 e. The minimum absolute atomic E-state index is 0.530. The van der Waals surface area contributed by atoms with E-state index in [4.69, 9.17) is 10.5 Å². The summed E-state index contributed by atoms with van der Waals surface area (Å²) in [6.45, 7) is 3.11. The van der Waals surface area contributed by atoms with Gasteiger partial charge in [-0.3, -0.25) is 0 Å². The number of hydrogen-bond acceptors (Lipinski definition) is 4. The van der Waals surface area contributed by atoms with Gasteiger partial charge in [-0.1, -0.05) is 12.1 Å². The summed E-state index contributed by atoms with van der Waals surface area (Å²) in [4.78, 5) is 6.40. The number of nitrogens with zero attached hydrogens (tertiary/aromatic N) is 2. The molecule has 19 heavy (non-hydrogen) atoms. The predicted molar refractivity (Wildman–Crippen MR) is 77.8 cm³/mol. The summed E-state index contributed by atoms with van der Waals surface area (Å²) in [5, 5.41) is 0. The zero-order valence-electron chi connectivity index (χ0n) is 11.3. The Morgan fingerprint density at radius 1 is 1.26 bits per heavy atom. The normalized spacial score (nSPS) is 10.3. The SMILES string of the molecule is CCOc1cccnc1N(C)c1cccc(CN)c1. The Morgan fingerprint density at radius 3 is 2.84 bits per heavy atom. The molecule has 0 spiro atoms. The Morgan fingerprint density at radius 2 is 2.11 bits per heavy atom. The van der Waals surface area contributed by atoms with Crippen LogP contribution in [-0.4, -0.2) is 18.6 Å². The van der Waals surface area contributed by atoms with E-state index in [1.54, 1.807) is 6.20 Å². The van der Waals surface area contributed by atoms with Crippen molar-refractivity contribution in [3.63, 3.8) is 0 Å². The van der Waals surface area contributed by atoms with E-state index in [1.165, 1.54) is 0 Å². The van der Waals surface area contributed by atoms with E-state index in [1.807, 2.05) is 49.2 Å². The van der Waals surface area contributed by atoms with Crippen LogP contribution >= 0.6 is 0 Å². The number of rotatable bonds is 5. The van der Waals surface area contributed by atoms with Gasteiger partial charge in [-0.15, -0.1) is 0 Å². The fourth-order valence-corrected chi connectivity index (χ4v) is 1.92. The van der Waals surface area contributed by atoms with Crippen molar-refractivity contribution in [1.82, 2.24) is 4.98 Å². The molecule has 100 valence electrons. The summed E-state index contributed by atoms with van der Waals surface area (Å²) >= 11 is 0. The molecule has 1 aromatic carbocycles. The van der Waals surface area contributed by atoms with Crippen LogP contribution in [0.1, 0.15) is 12.5 Å². The number of nitrogens with two attached hydrogens (primary N) is 1. The predicted octanol–water partition coefficient (Wildman–Crippen LogP) is 2.71. The fourth-order valence-electron chi connectivity index (χ4n) is 1.92. The van der Waals surface area contributed by atoms with Gasteiger partial charge in [0.2, 0.25) is 0 Å². The van der Waals surface area contributed by atoms with Gasteiger partial charge < -0.3 is 15.4 Å². The third kappa shape index (κ3) is 3.03. The van der Waals surface area contributed by atoms with E-state index in [0.29, 0.717) is 13.2 Å². The molecule has 2 aromatic rings. The van der Waals surface area contributed by atoms with Crippen LogP contribution in [0.3, 0.4) is 0 Å². The van der Waals surface area contributed by atoms with E-state index in [-0.39, 0.29) is 0 Å². The first kappa shape index (κ1) is 13.4. The highest BCUT2D eigenvalue weighted by molar-refractivity contribution is 5.65.